The van der Waals surface area contributed by atoms with Crippen molar-refractivity contribution in [1.29, 1.82) is 0 Å². The first kappa shape index (κ1) is 21.5. The van der Waals surface area contributed by atoms with Gasteiger partial charge in [0.15, 0.2) is 11.5 Å². The number of carbonyl (C=O) groups excluding carboxylic acids is 2. The minimum absolute atomic E-state index is 0.0696. The third-order valence-electron chi connectivity index (χ3n) is 4.54. The van der Waals surface area contributed by atoms with Crippen molar-refractivity contribution in [1.82, 2.24) is 10.6 Å². The van der Waals surface area contributed by atoms with Crippen LogP contribution in [0.25, 0.3) is 5.70 Å². The lowest BCUT2D eigenvalue weighted by Gasteiger charge is -2.29. The fourth-order valence-electron chi connectivity index (χ4n) is 3.16. The Morgan fingerprint density at radius 1 is 1.20 bits per heavy atom. The van der Waals surface area contributed by atoms with Crippen LogP contribution in [0.1, 0.15) is 24.1 Å². The number of urea groups is 1. The molecule has 1 unspecified atom stereocenters. The zero-order valence-corrected chi connectivity index (χ0v) is 18.2. The summed E-state index contributed by atoms with van der Waals surface area (Å²) in [5, 5.41) is 15.7. The molecule has 0 saturated carbocycles. The number of rotatable bonds is 6. The third-order valence-corrected chi connectivity index (χ3v) is 5.14. The van der Waals surface area contributed by atoms with Gasteiger partial charge in [-0.25, -0.2) is 9.59 Å². The molecule has 0 bridgehead atoms. The number of amides is 2. The summed E-state index contributed by atoms with van der Waals surface area (Å²) in [6.07, 6.45) is 0. The third kappa shape index (κ3) is 4.20. The van der Waals surface area contributed by atoms with Gasteiger partial charge in [-0.15, -0.1) is 0 Å². The van der Waals surface area contributed by atoms with Crippen LogP contribution >= 0.6 is 15.9 Å². The monoisotopic (exact) mass is 476 g/mol. The maximum absolute atomic E-state index is 12.7. The van der Waals surface area contributed by atoms with E-state index in [1.165, 1.54) is 7.11 Å². The van der Waals surface area contributed by atoms with Crippen molar-refractivity contribution in [2.75, 3.05) is 20.8 Å². The number of phenolic OH excluding ortho intramolecular Hbond substituents is 1. The van der Waals surface area contributed by atoms with E-state index < -0.39 is 18.0 Å². The summed E-state index contributed by atoms with van der Waals surface area (Å²) in [6, 6.07) is 8.79. The molecule has 3 N–H and O–H groups in total. The Kier molecular flexibility index (Phi) is 6.51. The number of hydrogen-bond acceptors (Lipinski definition) is 6. The number of esters is 1. The fourth-order valence-corrected chi connectivity index (χ4v) is 3.62. The molecule has 158 valence electrons. The summed E-state index contributed by atoms with van der Waals surface area (Å²) >= 11 is 3.29. The van der Waals surface area contributed by atoms with E-state index in [0.717, 1.165) is 0 Å². The van der Waals surface area contributed by atoms with Crippen molar-refractivity contribution in [2.45, 2.75) is 13.0 Å². The summed E-state index contributed by atoms with van der Waals surface area (Å²) in [5.41, 5.74) is 1.67. The minimum Gasteiger partial charge on any atom is -0.503 e. The largest absolute Gasteiger partial charge is 0.503 e. The summed E-state index contributed by atoms with van der Waals surface area (Å²) in [6.45, 7) is 2.12. The molecule has 0 radical (unpaired) electrons. The van der Waals surface area contributed by atoms with Gasteiger partial charge in [0, 0.05) is 0 Å². The van der Waals surface area contributed by atoms with E-state index in [2.05, 4.69) is 26.6 Å². The second-order valence-corrected chi connectivity index (χ2v) is 7.18. The predicted molar refractivity (Wildman–Crippen MR) is 113 cm³/mol. The molecule has 1 atom stereocenters. The number of ether oxygens (including phenoxy) is 3. The molecule has 0 spiro atoms. The van der Waals surface area contributed by atoms with E-state index >= 15 is 0 Å². The van der Waals surface area contributed by atoms with Crippen LogP contribution in [0, 0.1) is 0 Å². The highest BCUT2D eigenvalue weighted by Crippen LogP contribution is 2.40. The van der Waals surface area contributed by atoms with Gasteiger partial charge in [0.25, 0.3) is 0 Å². The summed E-state index contributed by atoms with van der Waals surface area (Å²) in [7, 11) is 2.82. The van der Waals surface area contributed by atoms with E-state index in [0.29, 0.717) is 33.7 Å². The van der Waals surface area contributed by atoms with Crippen molar-refractivity contribution >= 4 is 33.6 Å². The Hall–Kier alpha value is -3.20. The van der Waals surface area contributed by atoms with Gasteiger partial charge in [-0.1, -0.05) is 0 Å². The van der Waals surface area contributed by atoms with Crippen molar-refractivity contribution in [3.8, 4) is 17.2 Å². The van der Waals surface area contributed by atoms with Crippen LogP contribution in [0.4, 0.5) is 4.79 Å². The van der Waals surface area contributed by atoms with Crippen molar-refractivity contribution in [3.63, 3.8) is 0 Å². The van der Waals surface area contributed by atoms with Gasteiger partial charge >= 0.3 is 12.0 Å². The van der Waals surface area contributed by atoms with Gasteiger partial charge in [-0.05, 0) is 70.4 Å². The fraction of sp³-hybridized carbons (Fsp3) is 0.238. The van der Waals surface area contributed by atoms with Gasteiger partial charge in [-0.2, -0.15) is 0 Å². The maximum Gasteiger partial charge on any atom is 0.338 e. The Labute approximate surface area is 182 Å². The molecule has 2 aromatic carbocycles. The topological polar surface area (TPSA) is 106 Å². The molecule has 2 aromatic rings. The van der Waals surface area contributed by atoms with E-state index in [1.807, 2.05) is 0 Å². The number of hydrogen-bond donors (Lipinski definition) is 3. The molecule has 0 fully saturated rings. The molecule has 0 aliphatic carbocycles. The van der Waals surface area contributed by atoms with Crippen LogP contribution in [-0.4, -0.2) is 37.9 Å². The first-order chi connectivity index (χ1) is 14.4. The smallest absolute Gasteiger partial charge is 0.338 e. The van der Waals surface area contributed by atoms with Crippen LogP contribution in [0.2, 0.25) is 0 Å². The quantitative estimate of drug-likeness (QED) is 0.550. The second kappa shape index (κ2) is 9.08. The highest BCUT2D eigenvalue weighted by molar-refractivity contribution is 9.10. The number of benzene rings is 2. The molecule has 30 heavy (non-hydrogen) atoms. The van der Waals surface area contributed by atoms with Crippen LogP contribution in [0.15, 0.2) is 46.4 Å². The van der Waals surface area contributed by atoms with Crippen molar-refractivity contribution < 1.29 is 28.9 Å². The van der Waals surface area contributed by atoms with E-state index in [-0.39, 0.29) is 17.1 Å². The van der Waals surface area contributed by atoms with Crippen LogP contribution in [-0.2, 0) is 9.53 Å². The number of methoxy groups -OCH3 is 2. The first-order valence-corrected chi connectivity index (χ1v) is 9.88. The SMILES string of the molecule is CCOc1cc(C2NC(=O)NC(c3ccc(OC)cc3)=C2C(=O)OC)cc(Br)c1O. The zero-order valence-electron chi connectivity index (χ0n) is 16.6. The molecular weight excluding hydrogens is 456 g/mol. The maximum atomic E-state index is 12.7. The Morgan fingerprint density at radius 2 is 1.90 bits per heavy atom. The lowest BCUT2D eigenvalue weighted by Crippen LogP contribution is -2.45. The summed E-state index contributed by atoms with van der Waals surface area (Å²) in [5.74, 6) is 0.185. The van der Waals surface area contributed by atoms with E-state index in [9.17, 15) is 14.7 Å². The molecular formula is C21H21BrN2O6. The van der Waals surface area contributed by atoms with Crippen molar-refractivity contribution in [2.24, 2.45) is 0 Å². The molecule has 0 saturated heterocycles. The predicted octanol–water partition coefficient (Wildman–Crippen LogP) is 3.50. The standard InChI is InChI=1S/C21H21BrN2O6/c1-4-30-15-10-12(9-14(22)19(15)25)18-16(20(26)29-3)17(23-21(27)24-18)11-5-7-13(28-2)8-6-11/h5-10,18,25H,4H2,1-3H3,(H2,23,24,27). The Balaban J connectivity index is 2.19. The molecule has 9 heteroatoms. The molecule has 8 nitrogen and oxygen atoms in total. The molecule has 3 rings (SSSR count). The Morgan fingerprint density at radius 3 is 2.50 bits per heavy atom. The molecule has 2 amide bonds. The minimum atomic E-state index is -0.834. The van der Waals surface area contributed by atoms with E-state index in [1.54, 1.807) is 50.4 Å². The highest BCUT2D eigenvalue weighted by atomic mass is 79.9. The lowest BCUT2D eigenvalue weighted by atomic mass is 9.92. The number of halogens is 1. The van der Waals surface area contributed by atoms with Gasteiger partial charge < -0.3 is 30.0 Å². The van der Waals surface area contributed by atoms with Crippen molar-refractivity contribution in [3.05, 3.63) is 57.6 Å². The summed E-state index contributed by atoms with van der Waals surface area (Å²) < 4.78 is 16.0. The zero-order chi connectivity index (χ0) is 21.8. The number of aromatic hydroxyl groups is 1. The van der Waals surface area contributed by atoms with Gasteiger partial charge in [0.2, 0.25) is 0 Å². The first-order valence-electron chi connectivity index (χ1n) is 9.09. The summed E-state index contributed by atoms with van der Waals surface area (Å²) in [4.78, 5) is 25.2. The lowest BCUT2D eigenvalue weighted by molar-refractivity contribution is -0.136. The average Bonchev–Trinajstić information content (AvgIpc) is 2.75. The highest BCUT2D eigenvalue weighted by Gasteiger charge is 2.35. The second-order valence-electron chi connectivity index (χ2n) is 6.32. The number of nitrogens with one attached hydrogen (secondary N) is 2. The van der Waals surface area contributed by atoms with Gasteiger partial charge in [-0.3, -0.25) is 0 Å². The normalized spacial score (nSPS) is 15.9. The average molecular weight is 477 g/mol. The molecule has 1 aliphatic heterocycles. The van der Waals surface area contributed by atoms with Gasteiger partial charge in [0.05, 0.1) is 42.6 Å². The molecule has 1 aliphatic rings. The van der Waals surface area contributed by atoms with Gasteiger partial charge in [0.1, 0.15) is 5.75 Å². The van der Waals surface area contributed by atoms with E-state index in [4.69, 9.17) is 14.2 Å². The van der Waals surface area contributed by atoms with Crippen LogP contribution < -0.4 is 20.1 Å². The molecule has 0 aromatic heterocycles. The number of phenols is 1. The number of carbonyl (C=O) groups is 2. The Bertz CT molecular complexity index is 1000. The molecule has 1 heterocycles. The van der Waals surface area contributed by atoms with Crippen LogP contribution in [0.3, 0.4) is 0 Å². The van der Waals surface area contributed by atoms with Crippen LogP contribution in [0.5, 0.6) is 17.2 Å².